The summed E-state index contributed by atoms with van der Waals surface area (Å²) >= 11 is 11.0. The zero-order valence-electron chi connectivity index (χ0n) is 7.41. The van der Waals surface area contributed by atoms with Crippen LogP contribution < -0.4 is 0 Å². The second kappa shape index (κ2) is 4.07. The van der Waals surface area contributed by atoms with E-state index in [4.69, 9.17) is 23.8 Å². The van der Waals surface area contributed by atoms with Crippen LogP contribution in [0, 0.1) is 6.08 Å². The van der Waals surface area contributed by atoms with Gasteiger partial charge in [-0.15, -0.1) is 0 Å². The average molecular weight is 220 g/mol. The molecule has 0 spiro atoms. The van der Waals surface area contributed by atoms with Crippen molar-refractivity contribution in [3.63, 3.8) is 0 Å². The van der Waals surface area contributed by atoms with E-state index in [-0.39, 0.29) is 5.92 Å². The molecule has 1 radical (unpaired) electrons. The van der Waals surface area contributed by atoms with E-state index in [0.717, 1.165) is 15.5 Å². The molecule has 1 aliphatic rings. The van der Waals surface area contributed by atoms with Crippen molar-refractivity contribution in [3.05, 3.63) is 59.2 Å². The summed E-state index contributed by atoms with van der Waals surface area (Å²) in [5.74, 6) is 0.173. The van der Waals surface area contributed by atoms with Crippen LogP contribution in [0.4, 0.5) is 0 Å². The number of rotatable bonds is 1. The third kappa shape index (κ3) is 1.94. The van der Waals surface area contributed by atoms with Gasteiger partial charge in [-0.2, -0.15) is 0 Å². The number of halogens is 1. The molecule has 2 rings (SSSR count). The smallest absolute Gasteiger partial charge is 0.0406 e. The summed E-state index contributed by atoms with van der Waals surface area (Å²) in [5.41, 5.74) is 1.16. The number of hydrogen-bond donors (Lipinski definition) is 0. The topological polar surface area (TPSA) is 0 Å². The molecule has 0 aromatic heterocycles. The highest BCUT2D eigenvalue weighted by molar-refractivity contribution is 7.80. The minimum absolute atomic E-state index is 0.173. The van der Waals surface area contributed by atoms with Gasteiger partial charge in [-0.1, -0.05) is 54.2 Å². The fourth-order valence-electron chi connectivity index (χ4n) is 1.41. The van der Waals surface area contributed by atoms with Gasteiger partial charge in [0.25, 0.3) is 0 Å². The van der Waals surface area contributed by atoms with Crippen LogP contribution in [0.15, 0.2) is 42.5 Å². The van der Waals surface area contributed by atoms with Gasteiger partial charge in [0, 0.05) is 15.8 Å². The van der Waals surface area contributed by atoms with E-state index in [2.05, 4.69) is 12.2 Å². The monoisotopic (exact) mass is 219 g/mol. The van der Waals surface area contributed by atoms with Crippen LogP contribution in [0.2, 0.25) is 5.02 Å². The summed E-state index contributed by atoms with van der Waals surface area (Å²) in [5, 5.41) is 0.749. The SMILES string of the molecule is S=C1[C]=CC=CC1c1ccc(Cl)cc1. The minimum Gasteiger partial charge on any atom is -0.0843 e. The Morgan fingerprint density at radius 2 is 1.93 bits per heavy atom. The van der Waals surface area contributed by atoms with Gasteiger partial charge >= 0.3 is 0 Å². The Labute approximate surface area is 93.9 Å². The first-order chi connectivity index (χ1) is 6.77. The molecule has 1 aromatic carbocycles. The summed E-state index contributed by atoms with van der Waals surface area (Å²) in [6.45, 7) is 0. The van der Waals surface area contributed by atoms with E-state index in [1.165, 1.54) is 0 Å². The Morgan fingerprint density at radius 3 is 2.57 bits per heavy atom. The van der Waals surface area contributed by atoms with E-state index < -0.39 is 0 Å². The van der Waals surface area contributed by atoms with Gasteiger partial charge in [0.2, 0.25) is 0 Å². The average Bonchev–Trinajstić information content (AvgIpc) is 2.20. The Bertz CT molecular complexity index is 401. The molecule has 1 unspecified atom stereocenters. The molecular weight excluding hydrogens is 212 g/mol. The zero-order chi connectivity index (χ0) is 9.97. The number of benzene rings is 1. The van der Waals surface area contributed by atoms with E-state index in [9.17, 15) is 0 Å². The fraction of sp³-hybridized carbons (Fsp3) is 0.0833. The lowest BCUT2D eigenvalue weighted by molar-refractivity contribution is 1.15. The summed E-state index contributed by atoms with van der Waals surface area (Å²) in [6.07, 6.45) is 8.91. The van der Waals surface area contributed by atoms with Crippen LogP contribution in [-0.2, 0) is 0 Å². The number of hydrogen-bond acceptors (Lipinski definition) is 1. The standard InChI is InChI=1S/C12H8ClS/c13-10-7-5-9(6-8-10)11-3-1-2-4-12(11)14/h1-3,5-8,11H. The van der Waals surface area contributed by atoms with E-state index in [1.54, 1.807) is 0 Å². The third-order valence-electron chi connectivity index (χ3n) is 2.14. The molecule has 0 bridgehead atoms. The summed E-state index contributed by atoms with van der Waals surface area (Å²) in [4.78, 5) is 0.829. The Kier molecular flexibility index (Phi) is 2.80. The predicted octanol–water partition coefficient (Wildman–Crippen LogP) is 3.72. The van der Waals surface area contributed by atoms with Gasteiger partial charge in [0.15, 0.2) is 0 Å². The molecule has 0 nitrogen and oxygen atoms in total. The van der Waals surface area contributed by atoms with Crippen molar-refractivity contribution in [1.82, 2.24) is 0 Å². The van der Waals surface area contributed by atoms with Gasteiger partial charge in [0.1, 0.15) is 0 Å². The van der Waals surface area contributed by atoms with Crippen LogP contribution in [0.3, 0.4) is 0 Å². The lowest BCUT2D eigenvalue weighted by atomic mass is 9.92. The first kappa shape index (κ1) is 9.63. The minimum atomic E-state index is 0.173. The van der Waals surface area contributed by atoms with Gasteiger partial charge in [-0.05, 0) is 23.8 Å². The molecule has 14 heavy (non-hydrogen) atoms. The molecular formula is C12H8ClS. The van der Waals surface area contributed by atoms with Crippen molar-refractivity contribution in [2.24, 2.45) is 0 Å². The Hall–Kier alpha value is -0.920. The molecule has 0 aliphatic heterocycles. The van der Waals surface area contributed by atoms with Crippen molar-refractivity contribution in [2.45, 2.75) is 5.92 Å². The number of allylic oxidation sites excluding steroid dienone is 4. The highest BCUT2D eigenvalue weighted by atomic mass is 35.5. The molecule has 0 N–H and O–H groups in total. The lowest BCUT2D eigenvalue weighted by Gasteiger charge is -2.13. The summed E-state index contributed by atoms with van der Waals surface area (Å²) in [7, 11) is 0. The van der Waals surface area contributed by atoms with Crippen LogP contribution in [-0.4, -0.2) is 4.86 Å². The Balaban J connectivity index is 2.31. The van der Waals surface area contributed by atoms with Crippen LogP contribution in [0.5, 0.6) is 0 Å². The van der Waals surface area contributed by atoms with Crippen molar-refractivity contribution >= 4 is 28.7 Å². The summed E-state index contributed by atoms with van der Waals surface area (Å²) in [6, 6.07) is 7.75. The second-order valence-corrected chi connectivity index (χ2v) is 3.97. The largest absolute Gasteiger partial charge is 0.0843 e. The molecule has 0 heterocycles. The molecule has 0 fully saturated rings. The molecule has 1 atom stereocenters. The van der Waals surface area contributed by atoms with Gasteiger partial charge < -0.3 is 0 Å². The maximum Gasteiger partial charge on any atom is 0.0406 e. The maximum absolute atomic E-state index is 5.81. The maximum atomic E-state index is 5.81. The van der Waals surface area contributed by atoms with Crippen molar-refractivity contribution in [1.29, 1.82) is 0 Å². The number of thiocarbonyl (C=S) groups is 1. The van der Waals surface area contributed by atoms with Crippen molar-refractivity contribution in [3.8, 4) is 0 Å². The molecule has 2 heteroatoms. The van der Waals surface area contributed by atoms with E-state index in [0.29, 0.717) is 0 Å². The van der Waals surface area contributed by atoms with Crippen molar-refractivity contribution in [2.75, 3.05) is 0 Å². The second-order valence-electron chi connectivity index (χ2n) is 3.09. The summed E-state index contributed by atoms with van der Waals surface area (Å²) < 4.78 is 0. The molecule has 0 amide bonds. The van der Waals surface area contributed by atoms with Crippen LogP contribution >= 0.6 is 23.8 Å². The normalized spacial score (nSPS) is 20.1. The fourth-order valence-corrected chi connectivity index (χ4v) is 1.82. The van der Waals surface area contributed by atoms with Gasteiger partial charge in [-0.3, -0.25) is 0 Å². The van der Waals surface area contributed by atoms with Crippen molar-refractivity contribution < 1.29 is 0 Å². The van der Waals surface area contributed by atoms with Crippen LogP contribution in [0.25, 0.3) is 0 Å². The zero-order valence-corrected chi connectivity index (χ0v) is 8.98. The predicted molar refractivity (Wildman–Crippen MR) is 63.7 cm³/mol. The van der Waals surface area contributed by atoms with Gasteiger partial charge in [-0.25, -0.2) is 0 Å². The first-order valence-electron chi connectivity index (χ1n) is 4.33. The first-order valence-corrected chi connectivity index (χ1v) is 5.12. The molecule has 0 saturated carbocycles. The molecule has 1 aliphatic carbocycles. The third-order valence-corrected chi connectivity index (χ3v) is 2.76. The molecule has 69 valence electrons. The highest BCUT2D eigenvalue weighted by Gasteiger charge is 2.13. The Morgan fingerprint density at radius 1 is 1.21 bits per heavy atom. The lowest BCUT2D eigenvalue weighted by Crippen LogP contribution is -2.07. The molecule has 0 saturated heterocycles. The van der Waals surface area contributed by atoms with Gasteiger partial charge in [0.05, 0.1) is 0 Å². The highest BCUT2D eigenvalue weighted by Crippen LogP contribution is 2.23. The quantitative estimate of drug-likeness (QED) is 0.649. The van der Waals surface area contributed by atoms with E-state index in [1.807, 2.05) is 36.4 Å². The van der Waals surface area contributed by atoms with Crippen LogP contribution in [0.1, 0.15) is 11.5 Å². The van der Waals surface area contributed by atoms with E-state index >= 15 is 0 Å². The molecule has 1 aromatic rings.